The molecule has 0 bridgehead atoms. The van der Waals surface area contributed by atoms with Gasteiger partial charge >= 0.3 is 11.9 Å². The fraction of sp³-hybridized carbons (Fsp3) is 0.875. The van der Waals surface area contributed by atoms with E-state index < -0.39 is 22.9 Å². The van der Waals surface area contributed by atoms with Crippen LogP contribution in [0.25, 0.3) is 0 Å². The van der Waals surface area contributed by atoms with Crippen molar-refractivity contribution in [3.63, 3.8) is 0 Å². The van der Waals surface area contributed by atoms with Crippen molar-refractivity contribution in [2.24, 2.45) is 28.6 Å². The first-order valence-electron chi connectivity index (χ1n) is 11.9. The van der Waals surface area contributed by atoms with Gasteiger partial charge in [-0.25, -0.2) is 0 Å². The van der Waals surface area contributed by atoms with Crippen molar-refractivity contribution in [2.75, 3.05) is 7.11 Å². The molecule has 3 aliphatic heterocycles. The Morgan fingerprint density at radius 3 is 2.58 bits per heavy atom. The van der Waals surface area contributed by atoms with Crippen molar-refractivity contribution in [2.45, 2.75) is 94.2 Å². The molecule has 7 rings (SSSR count). The molecule has 168 valence electrons. The van der Waals surface area contributed by atoms with E-state index in [2.05, 4.69) is 13.8 Å². The van der Waals surface area contributed by atoms with Crippen LogP contribution in [0.4, 0.5) is 0 Å². The molecule has 0 amide bonds. The molecule has 3 saturated heterocycles. The van der Waals surface area contributed by atoms with Gasteiger partial charge in [0.05, 0.1) is 19.1 Å². The number of carbonyl (C=O) groups excluding carboxylic acids is 3. The number of methoxy groups -OCH3 is 1. The number of esters is 2. The second-order valence-electron chi connectivity index (χ2n) is 11.7. The van der Waals surface area contributed by atoms with E-state index in [0.29, 0.717) is 19.3 Å². The first-order chi connectivity index (χ1) is 14.7. The number of epoxide rings is 2. The molecular weight excluding hydrogens is 400 g/mol. The van der Waals surface area contributed by atoms with Crippen LogP contribution in [0.2, 0.25) is 0 Å². The lowest BCUT2D eigenvalue weighted by Crippen LogP contribution is -2.68. The maximum atomic E-state index is 13.2. The van der Waals surface area contributed by atoms with Crippen molar-refractivity contribution in [1.82, 2.24) is 0 Å². The van der Waals surface area contributed by atoms with Gasteiger partial charge in [-0.1, -0.05) is 13.8 Å². The molecule has 0 N–H and O–H groups in total. The smallest absolute Gasteiger partial charge is 0.309 e. The van der Waals surface area contributed by atoms with Crippen LogP contribution in [0, 0.1) is 28.6 Å². The maximum Gasteiger partial charge on any atom is 0.309 e. The highest BCUT2D eigenvalue weighted by molar-refractivity contribution is 5.89. The van der Waals surface area contributed by atoms with Crippen LogP contribution in [0.1, 0.15) is 65.2 Å². The SMILES string of the molecule is COC(=O)[C@@H]1C[C@@]23O[C@@H]2C(=O)CC[C@]3(C)[C@@]23O[C@H]2C[C@@]2(C)C(CCC24CCC(=O)O4)C13. The second kappa shape index (κ2) is 5.19. The van der Waals surface area contributed by atoms with Gasteiger partial charge in [0, 0.05) is 29.6 Å². The van der Waals surface area contributed by atoms with E-state index in [1.807, 2.05) is 0 Å². The minimum atomic E-state index is -0.601. The van der Waals surface area contributed by atoms with Gasteiger partial charge in [0.15, 0.2) is 5.78 Å². The summed E-state index contributed by atoms with van der Waals surface area (Å²) in [5.41, 5.74) is -2.00. The number of ether oxygens (including phenoxy) is 4. The molecule has 7 aliphatic rings. The molecular formula is C24H30O7. The van der Waals surface area contributed by atoms with Gasteiger partial charge < -0.3 is 18.9 Å². The zero-order valence-corrected chi connectivity index (χ0v) is 18.4. The number of carbonyl (C=O) groups is 3. The molecule has 7 heteroatoms. The molecule has 0 aromatic carbocycles. The van der Waals surface area contributed by atoms with E-state index >= 15 is 0 Å². The molecule has 0 radical (unpaired) electrons. The van der Waals surface area contributed by atoms with E-state index in [1.165, 1.54) is 7.11 Å². The first kappa shape index (κ1) is 19.0. The number of Topliss-reactive ketones (excluding diaryl/α,β-unsaturated/α-hetero) is 1. The average molecular weight is 430 g/mol. The Balaban J connectivity index is 1.37. The first-order valence-corrected chi connectivity index (χ1v) is 11.9. The van der Waals surface area contributed by atoms with Crippen LogP contribution >= 0.6 is 0 Å². The quantitative estimate of drug-likeness (QED) is 0.465. The van der Waals surface area contributed by atoms with Crippen LogP contribution in [0.15, 0.2) is 0 Å². The third-order valence-corrected chi connectivity index (χ3v) is 11.2. The number of rotatable bonds is 1. The predicted octanol–water partition coefficient (Wildman–Crippen LogP) is 2.34. The molecule has 7 fully saturated rings. The van der Waals surface area contributed by atoms with E-state index in [1.54, 1.807) is 0 Å². The van der Waals surface area contributed by atoms with E-state index in [-0.39, 0.29) is 52.4 Å². The molecule has 0 aromatic rings. The summed E-state index contributed by atoms with van der Waals surface area (Å²) in [6.07, 6.45) is 5.22. The minimum Gasteiger partial charge on any atom is -0.469 e. The van der Waals surface area contributed by atoms with Gasteiger partial charge in [-0.05, 0) is 44.4 Å². The summed E-state index contributed by atoms with van der Waals surface area (Å²) < 4.78 is 24.2. The van der Waals surface area contributed by atoms with Crippen LogP contribution in [-0.2, 0) is 33.3 Å². The van der Waals surface area contributed by atoms with Crippen molar-refractivity contribution in [1.29, 1.82) is 0 Å². The van der Waals surface area contributed by atoms with Crippen LogP contribution < -0.4 is 0 Å². The zero-order valence-electron chi connectivity index (χ0n) is 18.4. The van der Waals surface area contributed by atoms with Crippen LogP contribution in [0.5, 0.6) is 0 Å². The number of hydrogen-bond donors (Lipinski definition) is 0. The largest absolute Gasteiger partial charge is 0.469 e. The topological polar surface area (TPSA) is 94.7 Å². The number of fused-ring (bicyclic) bond motifs is 3. The molecule has 3 heterocycles. The molecule has 3 spiro atoms. The lowest BCUT2D eigenvalue weighted by molar-refractivity contribution is -0.184. The Hall–Kier alpha value is -1.47. The molecule has 0 aromatic heterocycles. The number of ketones is 1. The third-order valence-electron chi connectivity index (χ3n) is 11.2. The van der Waals surface area contributed by atoms with Crippen molar-refractivity contribution < 1.29 is 33.3 Å². The fourth-order valence-corrected chi connectivity index (χ4v) is 9.63. The van der Waals surface area contributed by atoms with Gasteiger partial charge in [0.1, 0.15) is 22.9 Å². The lowest BCUT2D eigenvalue weighted by atomic mass is 9.41. The summed E-state index contributed by atoms with van der Waals surface area (Å²) in [6.45, 7) is 4.50. The molecule has 10 atom stereocenters. The van der Waals surface area contributed by atoms with Gasteiger partial charge in [-0.15, -0.1) is 0 Å². The van der Waals surface area contributed by atoms with Crippen molar-refractivity contribution in [3.8, 4) is 0 Å². The summed E-state index contributed by atoms with van der Waals surface area (Å²) in [7, 11) is 1.44. The highest BCUT2D eigenvalue weighted by atomic mass is 16.6. The molecule has 4 saturated carbocycles. The van der Waals surface area contributed by atoms with Crippen molar-refractivity contribution in [3.05, 3.63) is 0 Å². The normalized spacial score (nSPS) is 60.3. The second-order valence-corrected chi connectivity index (χ2v) is 11.7. The van der Waals surface area contributed by atoms with E-state index in [9.17, 15) is 14.4 Å². The summed E-state index contributed by atoms with van der Waals surface area (Å²) in [4.78, 5) is 37.9. The standard InChI is InChI=1S/C24H30O7/c1-20-11-15-24(29-15)17(13(20)4-8-22(20)9-6-16(26)30-22)12(19(27)28-3)10-23-18(31-23)14(25)5-7-21(23,24)2/h12-13,15,17-18H,4-11H2,1-3H3/t12-,13?,15+,17?,18-,20+,21+,22?,23-,24-/m1/s1. The summed E-state index contributed by atoms with van der Waals surface area (Å²) >= 11 is 0. The van der Waals surface area contributed by atoms with Gasteiger partial charge in [-0.3, -0.25) is 14.4 Å². The Bertz CT molecular complexity index is 946. The van der Waals surface area contributed by atoms with Gasteiger partial charge in [0.25, 0.3) is 0 Å². The zero-order chi connectivity index (χ0) is 21.6. The molecule has 4 aliphatic carbocycles. The van der Waals surface area contributed by atoms with Gasteiger partial charge in [-0.2, -0.15) is 0 Å². The highest BCUT2D eigenvalue weighted by Gasteiger charge is 2.91. The summed E-state index contributed by atoms with van der Waals surface area (Å²) in [5.74, 6) is -0.325. The summed E-state index contributed by atoms with van der Waals surface area (Å²) in [5, 5.41) is 0. The molecule has 7 nitrogen and oxygen atoms in total. The minimum absolute atomic E-state index is 0.000380. The highest BCUT2D eigenvalue weighted by Crippen LogP contribution is 2.82. The Morgan fingerprint density at radius 1 is 1.06 bits per heavy atom. The Morgan fingerprint density at radius 2 is 1.87 bits per heavy atom. The predicted molar refractivity (Wildman–Crippen MR) is 105 cm³/mol. The monoisotopic (exact) mass is 430 g/mol. The molecule has 3 unspecified atom stereocenters. The Kier molecular flexibility index (Phi) is 3.19. The summed E-state index contributed by atoms with van der Waals surface area (Å²) in [6, 6.07) is 0. The maximum absolute atomic E-state index is 13.2. The Labute approximate surface area is 181 Å². The molecule has 31 heavy (non-hydrogen) atoms. The van der Waals surface area contributed by atoms with Crippen molar-refractivity contribution >= 4 is 17.7 Å². The van der Waals surface area contributed by atoms with E-state index in [4.69, 9.17) is 18.9 Å². The van der Waals surface area contributed by atoms with Gasteiger partial charge in [0.2, 0.25) is 0 Å². The lowest BCUT2D eigenvalue weighted by Gasteiger charge is -2.59. The van der Waals surface area contributed by atoms with Crippen LogP contribution in [-0.4, -0.2) is 53.8 Å². The third kappa shape index (κ3) is 1.77. The fourth-order valence-electron chi connectivity index (χ4n) is 9.63. The van der Waals surface area contributed by atoms with Crippen LogP contribution in [0.3, 0.4) is 0 Å². The van der Waals surface area contributed by atoms with E-state index in [0.717, 1.165) is 32.1 Å². The average Bonchev–Trinajstić information content (AvgIpc) is 3.59. The number of hydrogen-bond acceptors (Lipinski definition) is 7.